The molecule has 2 aromatic carbocycles. The second-order valence-electron chi connectivity index (χ2n) is 6.13. The number of halogens is 2. The van der Waals surface area contributed by atoms with Gasteiger partial charge in [0.1, 0.15) is 5.60 Å². The number of amides is 1. The summed E-state index contributed by atoms with van der Waals surface area (Å²) in [5.74, 6) is -0.541. The fourth-order valence-corrected chi connectivity index (χ4v) is 2.79. The molecule has 0 atom stereocenters. The lowest BCUT2D eigenvalue weighted by atomic mass is 10.0. The largest absolute Gasteiger partial charge is 0.465 e. The first kappa shape index (κ1) is 18.4. The van der Waals surface area contributed by atoms with E-state index in [1.165, 1.54) is 13.2 Å². The Labute approximate surface area is 149 Å². The van der Waals surface area contributed by atoms with Gasteiger partial charge in [-0.3, -0.25) is 5.32 Å². The number of benzene rings is 2. The number of methoxy groups -OCH3 is 1. The zero-order valence-electron chi connectivity index (χ0n) is 13.7. The third kappa shape index (κ3) is 4.30. The van der Waals surface area contributed by atoms with Crippen LogP contribution in [0, 0.1) is 0 Å². The molecule has 0 aliphatic heterocycles. The van der Waals surface area contributed by atoms with Crippen LogP contribution in [-0.2, 0) is 9.47 Å². The molecule has 7 heteroatoms. The Balaban J connectivity index is 2.57. The molecule has 0 fully saturated rings. The average molecular weight is 370 g/mol. The van der Waals surface area contributed by atoms with Crippen LogP contribution in [-0.4, -0.2) is 24.8 Å². The minimum Gasteiger partial charge on any atom is -0.465 e. The maximum atomic E-state index is 12.1. The first-order chi connectivity index (χ1) is 11.1. The Morgan fingerprint density at radius 2 is 1.75 bits per heavy atom. The SMILES string of the molecule is COC(=O)c1cc(NC(=O)OC(C)(C)C)c2c(Cl)cc(Cl)cc2c1. The molecule has 0 bridgehead atoms. The smallest absolute Gasteiger partial charge is 0.412 e. The van der Waals surface area contributed by atoms with E-state index in [0.717, 1.165) is 0 Å². The molecule has 1 amide bonds. The van der Waals surface area contributed by atoms with Crippen LogP contribution in [0.2, 0.25) is 10.0 Å². The number of nitrogens with one attached hydrogen (secondary N) is 1. The molecule has 0 aliphatic carbocycles. The van der Waals surface area contributed by atoms with E-state index in [2.05, 4.69) is 5.32 Å². The molecule has 2 rings (SSSR count). The predicted octanol–water partition coefficient (Wildman–Crippen LogP) is 5.28. The maximum absolute atomic E-state index is 12.1. The lowest BCUT2D eigenvalue weighted by Gasteiger charge is -2.20. The highest BCUT2D eigenvalue weighted by Crippen LogP contribution is 2.35. The first-order valence-corrected chi connectivity index (χ1v) is 7.87. The molecule has 0 aliphatic rings. The first-order valence-electron chi connectivity index (χ1n) is 7.12. The monoisotopic (exact) mass is 369 g/mol. The number of hydrogen-bond donors (Lipinski definition) is 1. The Hall–Kier alpha value is -1.98. The summed E-state index contributed by atoms with van der Waals surface area (Å²) in [6, 6.07) is 6.29. The van der Waals surface area contributed by atoms with E-state index < -0.39 is 17.7 Å². The van der Waals surface area contributed by atoms with Crippen molar-refractivity contribution in [1.82, 2.24) is 0 Å². The van der Waals surface area contributed by atoms with Gasteiger partial charge in [-0.05, 0) is 50.4 Å². The second kappa shape index (κ2) is 6.87. The lowest BCUT2D eigenvalue weighted by Crippen LogP contribution is -2.27. The molecular formula is C17H17Cl2NO4. The quantitative estimate of drug-likeness (QED) is 0.731. The van der Waals surface area contributed by atoms with Crippen LogP contribution in [0.1, 0.15) is 31.1 Å². The number of hydrogen-bond acceptors (Lipinski definition) is 4. The van der Waals surface area contributed by atoms with Gasteiger partial charge in [-0.1, -0.05) is 23.2 Å². The second-order valence-corrected chi connectivity index (χ2v) is 6.97. The van der Waals surface area contributed by atoms with Crippen LogP contribution >= 0.6 is 23.2 Å². The average Bonchev–Trinajstić information content (AvgIpc) is 2.42. The molecule has 128 valence electrons. The van der Waals surface area contributed by atoms with Crippen molar-refractivity contribution in [2.45, 2.75) is 26.4 Å². The summed E-state index contributed by atoms with van der Waals surface area (Å²) < 4.78 is 9.98. The topological polar surface area (TPSA) is 64.6 Å². The highest BCUT2D eigenvalue weighted by atomic mass is 35.5. The van der Waals surface area contributed by atoms with Gasteiger partial charge in [-0.25, -0.2) is 9.59 Å². The van der Waals surface area contributed by atoms with Crippen molar-refractivity contribution in [2.24, 2.45) is 0 Å². The Morgan fingerprint density at radius 1 is 1.08 bits per heavy atom. The summed E-state index contributed by atoms with van der Waals surface area (Å²) in [4.78, 5) is 23.9. The Morgan fingerprint density at radius 3 is 2.33 bits per heavy atom. The van der Waals surface area contributed by atoms with Gasteiger partial charge in [-0.15, -0.1) is 0 Å². The van der Waals surface area contributed by atoms with Gasteiger partial charge in [0.15, 0.2) is 0 Å². The molecule has 0 saturated heterocycles. The third-order valence-corrected chi connectivity index (χ3v) is 3.54. The maximum Gasteiger partial charge on any atom is 0.412 e. The van der Waals surface area contributed by atoms with Crippen molar-refractivity contribution >= 4 is 51.7 Å². The zero-order valence-corrected chi connectivity index (χ0v) is 15.2. The van der Waals surface area contributed by atoms with E-state index in [9.17, 15) is 9.59 Å². The van der Waals surface area contributed by atoms with E-state index in [4.69, 9.17) is 32.7 Å². The van der Waals surface area contributed by atoms with E-state index in [-0.39, 0.29) is 5.56 Å². The number of anilines is 1. The van der Waals surface area contributed by atoms with E-state index in [1.54, 1.807) is 39.0 Å². The molecule has 2 aromatic rings. The zero-order chi connectivity index (χ0) is 18.1. The van der Waals surface area contributed by atoms with Gasteiger partial charge in [0.2, 0.25) is 0 Å². The molecule has 5 nitrogen and oxygen atoms in total. The molecule has 0 saturated carbocycles. The van der Waals surface area contributed by atoms with Crippen molar-refractivity contribution in [3.05, 3.63) is 39.9 Å². The van der Waals surface area contributed by atoms with Crippen LogP contribution < -0.4 is 5.32 Å². The van der Waals surface area contributed by atoms with Crippen LogP contribution in [0.25, 0.3) is 10.8 Å². The van der Waals surface area contributed by atoms with Crippen molar-refractivity contribution in [3.8, 4) is 0 Å². The normalized spacial score (nSPS) is 11.2. The summed E-state index contributed by atoms with van der Waals surface area (Å²) >= 11 is 12.3. The summed E-state index contributed by atoms with van der Waals surface area (Å²) in [5.41, 5.74) is -0.0642. The standard InChI is InChI=1S/C17H17Cl2NO4/c1-17(2,3)24-16(22)20-13-7-10(15(21)23-4)5-9-6-11(18)8-12(19)14(9)13/h5-8H,1-4H3,(H,20,22). The van der Waals surface area contributed by atoms with Crippen LogP contribution in [0.15, 0.2) is 24.3 Å². The molecule has 0 aromatic heterocycles. The van der Waals surface area contributed by atoms with E-state index in [0.29, 0.717) is 26.5 Å². The van der Waals surface area contributed by atoms with Crippen molar-refractivity contribution < 1.29 is 19.1 Å². The van der Waals surface area contributed by atoms with Crippen LogP contribution in [0.5, 0.6) is 0 Å². The van der Waals surface area contributed by atoms with Gasteiger partial charge in [0.05, 0.1) is 23.4 Å². The Bertz CT molecular complexity index is 812. The van der Waals surface area contributed by atoms with Crippen molar-refractivity contribution in [2.75, 3.05) is 12.4 Å². The summed E-state index contributed by atoms with van der Waals surface area (Å²) in [7, 11) is 1.28. The molecule has 0 heterocycles. The van der Waals surface area contributed by atoms with Gasteiger partial charge in [0.25, 0.3) is 0 Å². The number of carbonyl (C=O) groups is 2. The number of fused-ring (bicyclic) bond motifs is 1. The number of rotatable bonds is 2. The minimum absolute atomic E-state index is 0.259. The molecular weight excluding hydrogens is 353 g/mol. The lowest BCUT2D eigenvalue weighted by molar-refractivity contribution is 0.0596. The fraction of sp³-hybridized carbons (Fsp3) is 0.294. The van der Waals surface area contributed by atoms with Gasteiger partial charge in [-0.2, -0.15) is 0 Å². The highest BCUT2D eigenvalue weighted by Gasteiger charge is 2.19. The summed E-state index contributed by atoms with van der Waals surface area (Å²) in [5, 5.41) is 4.54. The van der Waals surface area contributed by atoms with Crippen molar-refractivity contribution in [3.63, 3.8) is 0 Å². The van der Waals surface area contributed by atoms with Gasteiger partial charge >= 0.3 is 12.1 Å². The predicted molar refractivity (Wildman–Crippen MR) is 95.2 cm³/mol. The molecule has 0 radical (unpaired) electrons. The van der Waals surface area contributed by atoms with Crippen molar-refractivity contribution in [1.29, 1.82) is 0 Å². The minimum atomic E-state index is -0.660. The van der Waals surface area contributed by atoms with E-state index >= 15 is 0 Å². The molecule has 0 unspecified atom stereocenters. The summed E-state index contributed by atoms with van der Waals surface area (Å²) in [6.45, 7) is 5.26. The molecule has 0 spiro atoms. The van der Waals surface area contributed by atoms with Crippen LogP contribution in [0.3, 0.4) is 0 Å². The molecule has 24 heavy (non-hydrogen) atoms. The van der Waals surface area contributed by atoms with Gasteiger partial charge in [0, 0.05) is 10.4 Å². The van der Waals surface area contributed by atoms with Crippen LogP contribution in [0.4, 0.5) is 10.5 Å². The Kier molecular flexibility index (Phi) is 5.26. The highest BCUT2D eigenvalue weighted by molar-refractivity contribution is 6.39. The number of ether oxygens (including phenoxy) is 2. The number of carbonyl (C=O) groups excluding carboxylic acids is 2. The fourth-order valence-electron chi connectivity index (χ4n) is 2.18. The van der Waals surface area contributed by atoms with Gasteiger partial charge < -0.3 is 9.47 Å². The summed E-state index contributed by atoms with van der Waals surface area (Å²) in [6.07, 6.45) is -0.656. The number of esters is 1. The van der Waals surface area contributed by atoms with E-state index in [1.807, 2.05) is 0 Å². The third-order valence-electron chi connectivity index (χ3n) is 3.02. The molecule has 1 N–H and O–H groups in total.